The Morgan fingerprint density at radius 1 is 0.909 bits per heavy atom. The third-order valence-electron chi connectivity index (χ3n) is 3.82. The van der Waals surface area contributed by atoms with Crippen LogP contribution in [0.25, 0.3) is 0 Å². The fraction of sp³-hybridized carbons (Fsp3) is 0.333. The maximum absolute atomic E-state index is 9.50. The number of phenols is 2. The van der Waals surface area contributed by atoms with Crippen molar-refractivity contribution in [2.75, 3.05) is 0 Å². The predicted molar refractivity (Wildman–Crippen MR) is 92.0 cm³/mol. The molecule has 2 nitrogen and oxygen atoms in total. The number of rotatable bonds is 6. The van der Waals surface area contributed by atoms with E-state index in [4.69, 9.17) is 23.2 Å². The number of benzene rings is 2. The molecule has 0 radical (unpaired) electrons. The smallest absolute Gasteiger partial charge is 0.115 e. The van der Waals surface area contributed by atoms with Gasteiger partial charge in [0.2, 0.25) is 0 Å². The van der Waals surface area contributed by atoms with Crippen LogP contribution in [0.5, 0.6) is 11.5 Å². The molecule has 0 spiro atoms. The van der Waals surface area contributed by atoms with Crippen LogP contribution in [0.4, 0.5) is 0 Å². The van der Waals surface area contributed by atoms with Crippen LogP contribution in [0.1, 0.15) is 37.3 Å². The first-order valence-corrected chi connectivity index (χ1v) is 8.22. The number of unbranched alkanes of at least 4 members (excludes halogenated alkanes) is 1. The Hall–Kier alpha value is -1.38. The zero-order valence-electron chi connectivity index (χ0n) is 12.5. The number of phenolic OH excluding ortho intramolecular Hbond substituents is 2. The number of hydrogen-bond acceptors (Lipinski definition) is 2. The first-order valence-electron chi connectivity index (χ1n) is 7.40. The summed E-state index contributed by atoms with van der Waals surface area (Å²) >= 11 is 13.6. The molecule has 1 atom stereocenters. The van der Waals surface area contributed by atoms with Crippen molar-refractivity contribution in [2.24, 2.45) is 0 Å². The summed E-state index contributed by atoms with van der Waals surface area (Å²) in [6.45, 7) is 2.11. The van der Waals surface area contributed by atoms with Crippen molar-refractivity contribution >= 4 is 23.2 Å². The summed E-state index contributed by atoms with van der Waals surface area (Å²) in [5.41, 5.74) is 1.66. The fourth-order valence-electron chi connectivity index (χ4n) is 2.52. The molecule has 0 aliphatic heterocycles. The van der Waals surface area contributed by atoms with E-state index in [1.54, 1.807) is 48.5 Å². The van der Waals surface area contributed by atoms with Gasteiger partial charge >= 0.3 is 0 Å². The molecule has 2 aromatic rings. The topological polar surface area (TPSA) is 40.5 Å². The summed E-state index contributed by atoms with van der Waals surface area (Å²) in [7, 11) is 0. The van der Waals surface area contributed by atoms with Crippen LogP contribution < -0.4 is 0 Å². The minimum atomic E-state index is -0.905. The molecule has 0 aliphatic rings. The Bertz CT molecular complexity index is 548. The average Bonchev–Trinajstić information content (AvgIpc) is 2.53. The van der Waals surface area contributed by atoms with Crippen molar-refractivity contribution in [1.29, 1.82) is 0 Å². The van der Waals surface area contributed by atoms with Crippen LogP contribution in [-0.4, -0.2) is 15.6 Å². The zero-order chi connectivity index (χ0) is 16.2. The van der Waals surface area contributed by atoms with Crippen LogP contribution in [0.2, 0.25) is 0 Å². The summed E-state index contributed by atoms with van der Waals surface area (Å²) in [6, 6.07) is 13.6. The van der Waals surface area contributed by atoms with Crippen molar-refractivity contribution in [3.63, 3.8) is 0 Å². The molecule has 0 aliphatic carbocycles. The van der Waals surface area contributed by atoms with E-state index in [2.05, 4.69) is 6.92 Å². The van der Waals surface area contributed by atoms with E-state index in [1.165, 1.54) is 0 Å². The Balaban J connectivity index is 2.47. The SMILES string of the molecule is CCCCC(Cl)C(Cl)(c1ccc(O)cc1)c1ccc(O)cc1. The number of halogens is 2. The van der Waals surface area contributed by atoms with Gasteiger partial charge in [-0.3, -0.25) is 0 Å². The van der Waals surface area contributed by atoms with Gasteiger partial charge in [0.05, 0.1) is 5.38 Å². The van der Waals surface area contributed by atoms with E-state index in [0.29, 0.717) is 0 Å². The highest BCUT2D eigenvalue weighted by Crippen LogP contribution is 2.45. The van der Waals surface area contributed by atoms with Crippen LogP contribution in [0.15, 0.2) is 48.5 Å². The van der Waals surface area contributed by atoms with Crippen molar-refractivity contribution in [1.82, 2.24) is 0 Å². The number of alkyl halides is 2. The highest BCUT2D eigenvalue weighted by molar-refractivity contribution is 6.34. The molecule has 0 fully saturated rings. The van der Waals surface area contributed by atoms with E-state index in [0.717, 1.165) is 30.4 Å². The molecule has 0 saturated heterocycles. The second-order valence-corrected chi connectivity index (χ2v) is 6.54. The molecule has 118 valence electrons. The molecular formula is C18H20Cl2O2. The van der Waals surface area contributed by atoms with Crippen molar-refractivity contribution in [3.8, 4) is 11.5 Å². The molecular weight excluding hydrogens is 319 g/mol. The summed E-state index contributed by atoms with van der Waals surface area (Å²) in [6.07, 6.45) is 2.81. The highest BCUT2D eigenvalue weighted by Gasteiger charge is 2.39. The Morgan fingerprint density at radius 2 is 1.32 bits per heavy atom. The van der Waals surface area contributed by atoms with Gasteiger partial charge < -0.3 is 10.2 Å². The molecule has 1 unspecified atom stereocenters. The van der Waals surface area contributed by atoms with Gasteiger partial charge in [-0.2, -0.15) is 0 Å². The van der Waals surface area contributed by atoms with E-state index in [-0.39, 0.29) is 16.9 Å². The Morgan fingerprint density at radius 3 is 1.68 bits per heavy atom. The number of aromatic hydroxyl groups is 2. The first-order chi connectivity index (χ1) is 10.5. The predicted octanol–water partition coefficient (Wildman–Crippen LogP) is 5.38. The molecule has 2 aromatic carbocycles. The van der Waals surface area contributed by atoms with E-state index in [9.17, 15) is 10.2 Å². The Labute approximate surface area is 141 Å². The van der Waals surface area contributed by atoms with Gasteiger partial charge in [0.25, 0.3) is 0 Å². The fourth-order valence-corrected chi connectivity index (χ4v) is 3.29. The van der Waals surface area contributed by atoms with Crippen molar-refractivity contribution < 1.29 is 10.2 Å². The molecule has 0 amide bonds. The van der Waals surface area contributed by atoms with Crippen LogP contribution in [0.3, 0.4) is 0 Å². The summed E-state index contributed by atoms with van der Waals surface area (Å²) in [4.78, 5) is -0.905. The molecule has 22 heavy (non-hydrogen) atoms. The van der Waals surface area contributed by atoms with E-state index in [1.807, 2.05) is 0 Å². The average molecular weight is 339 g/mol. The summed E-state index contributed by atoms with van der Waals surface area (Å²) in [5, 5.41) is 18.7. The monoisotopic (exact) mass is 338 g/mol. The van der Waals surface area contributed by atoms with Gasteiger partial charge in [0.15, 0.2) is 0 Å². The first kappa shape index (κ1) is 17.0. The maximum atomic E-state index is 9.50. The molecule has 0 heterocycles. The third kappa shape index (κ3) is 3.50. The van der Waals surface area contributed by atoms with Gasteiger partial charge in [-0.15, -0.1) is 23.2 Å². The lowest BCUT2D eigenvalue weighted by molar-refractivity contribution is 0.474. The summed E-state index contributed by atoms with van der Waals surface area (Å²) < 4.78 is 0. The molecule has 0 saturated carbocycles. The van der Waals surface area contributed by atoms with Gasteiger partial charge in [-0.05, 0) is 41.8 Å². The van der Waals surface area contributed by atoms with Gasteiger partial charge in [-0.1, -0.05) is 44.0 Å². The minimum Gasteiger partial charge on any atom is -0.508 e. The molecule has 0 aromatic heterocycles. The molecule has 0 bridgehead atoms. The number of hydrogen-bond donors (Lipinski definition) is 2. The summed E-state index contributed by atoms with van der Waals surface area (Å²) in [5.74, 6) is 0.376. The second kappa shape index (κ2) is 7.26. The largest absolute Gasteiger partial charge is 0.508 e. The lowest BCUT2D eigenvalue weighted by Crippen LogP contribution is -2.31. The molecule has 2 rings (SSSR count). The van der Waals surface area contributed by atoms with Crippen LogP contribution >= 0.6 is 23.2 Å². The zero-order valence-corrected chi connectivity index (χ0v) is 14.0. The van der Waals surface area contributed by atoms with Gasteiger partial charge in [0, 0.05) is 0 Å². The lowest BCUT2D eigenvalue weighted by atomic mass is 9.85. The van der Waals surface area contributed by atoms with E-state index >= 15 is 0 Å². The molecule has 2 N–H and O–H groups in total. The second-order valence-electron chi connectivity index (χ2n) is 5.42. The van der Waals surface area contributed by atoms with E-state index < -0.39 is 4.87 Å². The van der Waals surface area contributed by atoms with Crippen LogP contribution in [0, 0.1) is 0 Å². The minimum absolute atomic E-state index is 0.188. The normalized spacial score (nSPS) is 13.0. The van der Waals surface area contributed by atoms with Gasteiger partial charge in [0.1, 0.15) is 16.4 Å². The van der Waals surface area contributed by atoms with Crippen molar-refractivity contribution in [3.05, 3.63) is 59.7 Å². The maximum Gasteiger partial charge on any atom is 0.115 e. The Kier molecular flexibility index (Phi) is 5.60. The lowest BCUT2D eigenvalue weighted by Gasteiger charge is -2.33. The standard InChI is InChI=1S/C18H20Cl2O2/c1-2-3-4-17(19)18(20,13-5-9-15(21)10-6-13)14-7-11-16(22)12-8-14/h5-12,17,21-22H,2-4H2,1H3. The van der Waals surface area contributed by atoms with Crippen LogP contribution in [-0.2, 0) is 4.87 Å². The van der Waals surface area contributed by atoms with Crippen molar-refractivity contribution in [2.45, 2.75) is 36.4 Å². The highest BCUT2D eigenvalue weighted by atomic mass is 35.5. The molecule has 4 heteroatoms. The third-order valence-corrected chi connectivity index (χ3v) is 5.17. The van der Waals surface area contributed by atoms with Gasteiger partial charge in [-0.25, -0.2) is 0 Å². The quantitative estimate of drug-likeness (QED) is 0.694.